The molecule has 82 valence electrons. The first-order chi connectivity index (χ1) is 7.86. The predicted octanol–water partition coefficient (Wildman–Crippen LogP) is 2.22. The van der Waals surface area contributed by atoms with Crippen LogP contribution in [0.2, 0.25) is 0 Å². The molecule has 1 saturated heterocycles. The Bertz CT molecular complexity index is 427. The Kier molecular flexibility index (Phi) is 3.06. The number of nitrogens with one attached hydrogen (secondary N) is 1. The molecule has 0 aliphatic carbocycles. The molecule has 0 radical (unpaired) electrons. The fourth-order valence-corrected chi connectivity index (χ4v) is 2.05. The Morgan fingerprint density at radius 3 is 2.88 bits per heavy atom. The number of hydrogen-bond acceptors (Lipinski definition) is 4. The third kappa shape index (κ3) is 1.84. The molecule has 1 N–H and O–H groups in total. The van der Waals surface area contributed by atoms with E-state index in [-0.39, 0.29) is 0 Å². The first-order valence-electron chi connectivity index (χ1n) is 5.38. The smallest absolute Gasteiger partial charge is 0.182 e. The molecule has 1 fully saturated rings. The molecule has 1 aliphatic rings. The minimum atomic E-state index is 0.585. The summed E-state index contributed by atoms with van der Waals surface area (Å²) in [5.74, 6) is 0.585. The van der Waals surface area contributed by atoms with E-state index in [9.17, 15) is 0 Å². The summed E-state index contributed by atoms with van der Waals surface area (Å²) >= 11 is 0. The molecule has 4 heteroatoms. The standard InChI is InChI=1S/C12H14N4/c1-2-10-11(16-7-3-4-8-16)5-6-14-12(10)15-9-13/h2,5-6H,1,3-4,7-8H2,(H,14,15). The van der Waals surface area contributed by atoms with Crippen LogP contribution in [0, 0.1) is 11.5 Å². The second kappa shape index (κ2) is 4.67. The third-order valence-corrected chi connectivity index (χ3v) is 2.79. The summed E-state index contributed by atoms with van der Waals surface area (Å²) < 4.78 is 0. The van der Waals surface area contributed by atoms with Crippen molar-refractivity contribution in [2.75, 3.05) is 23.3 Å². The zero-order valence-electron chi connectivity index (χ0n) is 9.11. The van der Waals surface area contributed by atoms with Gasteiger partial charge in [0.2, 0.25) is 0 Å². The highest BCUT2D eigenvalue weighted by Crippen LogP contribution is 2.29. The Hall–Kier alpha value is -2.02. The zero-order chi connectivity index (χ0) is 11.4. The molecular formula is C12H14N4. The highest BCUT2D eigenvalue weighted by Gasteiger charge is 2.16. The van der Waals surface area contributed by atoms with Gasteiger partial charge < -0.3 is 4.90 Å². The number of rotatable bonds is 3. The van der Waals surface area contributed by atoms with Gasteiger partial charge in [0.25, 0.3) is 0 Å². The second-order valence-electron chi connectivity index (χ2n) is 3.73. The lowest BCUT2D eigenvalue weighted by Crippen LogP contribution is -2.19. The van der Waals surface area contributed by atoms with Crippen molar-refractivity contribution in [3.05, 3.63) is 24.4 Å². The Labute approximate surface area is 95.2 Å². The first-order valence-corrected chi connectivity index (χ1v) is 5.38. The lowest BCUT2D eigenvalue weighted by atomic mass is 10.2. The van der Waals surface area contributed by atoms with E-state index in [0.717, 1.165) is 24.3 Å². The number of pyridine rings is 1. The Morgan fingerprint density at radius 2 is 2.25 bits per heavy atom. The molecule has 0 spiro atoms. The van der Waals surface area contributed by atoms with E-state index in [2.05, 4.69) is 21.8 Å². The van der Waals surface area contributed by atoms with Gasteiger partial charge in [-0.3, -0.25) is 5.32 Å². The average molecular weight is 214 g/mol. The maximum Gasteiger partial charge on any atom is 0.182 e. The number of hydrogen-bond donors (Lipinski definition) is 1. The van der Waals surface area contributed by atoms with Crippen LogP contribution >= 0.6 is 0 Å². The minimum Gasteiger partial charge on any atom is -0.371 e. The van der Waals surface area contributed by atoms with E-state index in [4.69, 9.17) is 5.26 Å². The van der Waals surface area contributed by atoms with Crippen molar-refractivity contribution in [1.82, 2.24) is 4.98 Å². The van der Waals surface area contributed by atoms with Gasteiger partial charge in [0.1, 0.15) is 5.82 Å². The molecule has 0 bridgehead atoms. The first kappa shape index (κ1) is 10.5. The summed E-state index contributed by atoms with van der Waals surface area (Å²) in [6.45, 7) is 5.92. The van der Waals surface area contributed by atoms with E-state index < -0.39 is 0 Å². The summed E-state index contributed by atoms with van der Waals surface area (Å²) in [4.78, 5) is 6.45. The monoisotopic (exact) mass is 214 g/mol. The molecule has 0 saturated carbocycles. The van der Waals surface area contributed by atoms with Gasteiger partial charge >= 0.3 is 0 Å². The van der Waals surface area contributed by atoms with Gasteiger partial charge in [-0.1, -0.05) is 12.7 Å². The van der Waals surface area contributed by atoms with Gasteiger partial charge in [-0.2, -0.15) is 5.26 Å². The van der Waals surface area contributed by atoms with Crippen molar-refractivity contribution in [2.45, 2.75) is 12.8 Å². The van der Waals surface area contributed by atoms with Crippen LogP contribution < -0.4 is 10.2 Å². The molecule has 0 unspecified atom stereocenters. The molecular weight excluding hydrogens is 200 g/mol. The van der Waals surface area contributed by atoms with Crippen molar-refractivity contribution in [3.63, 3.8) is 0 Å². The normalized spacial score (nSPS) is 14.6. The molecule has 1 aromatic heterocycles. The van der Waals surface area contributed by atoms with Crippen LogP contribution in [0.4, 0.5) is 11.5 Å². The Balaban J connectivity index is 2.40. The lowest BCUT2D eigenvalue weighted by molar-refractivity contribution is 0.949. The molecule has 16 heavy (non-hydrogen) atoms. The van der Waals surface area contributed by atoms with Gasteiger partial charge in [-0.15, -0.1) is 0 Å². The zero-order valence-corrected chi connectivity index (χ0v) is 9.11. The molecule has 0 aromatic carbocycles. The van der Waals surface area contributed by atoms with E-state index in [0.29, 0.717) is 5.82 Å². The second-order valence-corrected chi connectivity index (χ2v) is 3.73. The fourth-order valence-electron chi connectivity index (χ4n) is 2.05. The van der Waals surface area contributed by atoms with Crippen LogP contribution in [-0.4, -0.2) is 18.1 Å². The van der Waals surface area contributed by atoms with Crippen molar-refractivity contribution in [1.29, 1.82) is 5.26 Å². The van der Waals surface area contributed by atoms with Crippen LogP contribution in [0.1, 0.15) is 18.4 Å². The van der Waals surface area contributed by atoms with E-state index in [1.807, 2.05) is 12.3 Å². The van der Waals surface area contributed by atoms with E-state index >= 15 is 0 Å². The van der Waals surface area contributed by atoms with Gasteiger partial charge in [-0.05, 0) is 18.9 Å². The van der Waals surface area contributed by atoms with Crippen molar-refractivity contribution in [2.24, 2.45) is 0 Å². The van der Waals surface area contributed by atoms with Gasteiger partial charge in [0, 0.05) is 30.5 Å². The predicted molar refractivity (Wildman–Crippen MR) is 65.0 cm³/mol. The SMILES string of the molecule is C=Cc1c(N2CCCC2)ccnc1NC#N. The number of anilines is 2. The van der Waals surface area contributed by atoms with Gasteiger partial charge in [0.05, 0.1) is 0 Å². The van der Waals surface area contributed by atoms with Gasteiger partial charge in [-0.25, -0.2) is 4.98 Å². The average Bonchev–Trinajstić information content (AvgIpc) is 2.82. The molecule has 0 atom stereocenters. The summed E-state index contributed by atoms with van der Waals surface area (Å²) in [6.07, 6.45) is 7.81. The Morgan fingerprint density at radius 1 is 1.50 bits per heavy atom. The van der Waals surface area contributed by atoms with Crippen LogP contribution in [0.15, 0.2) is 18.8 Å². The van der Waals surface area contributed by atoms with E-state index in [1.54, 1.807) is 12.3 Å². The molecule has 2 heterocycles. The van der Waals surface area contributed by atoms with Crippen molar-refractivity contribution in [3.8, 4) is 6.19 Å². The minimum absolute atomic E-state index is 0.585. The summed E-state index contributed by atoms with van der Waals surface area (Å²) in [7, 11) is 0. The maximum absolute atomic E-state index is 8.65. The molecule has 2 rings (SSSR count). The largest absolute Gasteiger partial charge is 0.371 e. The topological polar surface area (TPSA) is 52.0 Å². The molecule has 1 aliphatic heterocycles. The molecule has 0 amide bonds. The highest BCUT2D eigenvalue weighted by atomic mass is 15.2. The summed E-state index contributed by atoms with van der Waals surface area (Å²) in [6, 6.07) is 1.98. The third-order valence-electron chi connectivity index (χ3n) is 2.79. The summed E-state index contributed by atoms with van der Waals surface area (Å²) in [5, 5.41) is 11.2. The fraction of sp³-hybridized carbons (Fsp3) is 0.333. The number of nitriles is 1. The van der Waals surface area contributed by atoms with Crippen molar-refractivity contribution >= 4 is 17.6 Å². The quantitative estimate of drug-likeness (QED) is 0.619. The van der Waals surface area contributed by atoms with E-state index in [1.165, 1.54) is 12.8 Å². The van der Waals surface area contributed by atoms with Crippen molar-refractivity contribution < 1.29 is 0 Å². The summed E-state index contributed by atoms with van der Waals surface area (Å²) in [5.41, 5.74) is 2.02. The molecule has 4 nitrogen and oxygen atoms in total. The van der Waals surface area contributed by atoms with Crippen LogP contribution in [0.25, 0.3) is 6.08 Å². The maximum atomic E-state index is 8.65. The molecule has 1 aromatic rings. The number of aromatic nitrogens is 1. The van der Waals surface area contributed by atoms with Gasteiger partial charge in [0.15, 0.2) is 6.19 Å². The van der Waals surface area contributed by atoms with Crippen LogP contribution in [0.3, 0.4) is 0 Å². The van der Waals surface area contributed by atoms with Crippen LogP contribution in [-0.2, 0) is 0 Å². The number of nitrogens with zero attached hydrogens (tertiary/aromatic N) is 3. The lowest BCUT2D eigenvalue weighted by Gasteiger charge is -2.20. The van der Waals surface area contributed by atoms with Crippen LogP contribution in [0.5, 0.6) is 0 Å². The highest BCUT2D eigenvalue weighted by molar-refractivity contribution is 5.76.